The second kappa shape index (κ2) is 10.6. The van der Waals surface area contributed by atoms with E-state index in [0.29, 0.717) is 5.92 Å². The minimum absolute atomic E-state index is 0.545. The molecule has 0 bridgehead atoms. The summed E-state index contributed by atoms with van der Waals surface area (Å²) >= 11 is 0. The molecule has 0 atom stereocenters. The van der Waals surface area contributed by atoms with Crippen LogP contribution >= 0.6 is 0 Å². The summed E-state index contributed by atoms with van der Waals surface area (Å²) in [5.41, 5.74) is 16.9. The van der Waals surface area contributed by atoms with Crippen LogP contribution in [-0.4, -0.2) is 0 Å². The van der Waals surface area contributed by atoms with E-state index < -0.39 is 0 Å². The maximum Gasteiger partial charge on any atom is 0.130 e. The lowest BCUT2D eigenvalue weighted by atomic mass is 9.83. The number of hydrogen-bond donors (Lipinski definition) is 2. The number of anilines is 2. The van der Waals surface area contributed by atoms with E-state index in [2.05, 4.69) is 30.3 Å². The Kier molecular flexibility index (Phi) is 6.89. The molecule has 0 aliphatic heterocycles. The fraction of sp³-hybridized carbons (Fsp3) is 0.226. The van der Waals surface area contributed by atoms with Gasteiger partial charge in [0.25, 0.3) is 0 Å². The highest BCUT2D eigenvalue weighted by Crippen LogP contribution is 2.40. The van der Waals surface area contributed by atoms with E-state index in [1.807, 2.05) is 60.7 Å². The number of benzene rings is 4. The van der Waals surface area contributed by atoms with Crippen molar-refractivity contribution in [2.24, 2.45) is 0 Å². The van der Waals surface area contributed by atoms with Crippen molar-refractivity contribution in [3.63, 3.8) is 0 Å². The van der Waals surface area contributed by atoms with E-state index >= 15 is 0 Å². The van der Waals surface area contributed by atoms with Gasteiger partial charge in [-0.3, -0.25) is 0 Å². The van der Waals surface area contributed by atoms with Gasteiger partial charge in [0.1, 0.15) is 23.0 Å². The van der Waals surface area contributed by atoms with E-state index in [-0.39, 0.29) is 0 Å². The van der Waals surface area contributed by atoms with Crippen LogP contribution in [0.1, 0.15) is 54.7 Å². The highest BCUT2D eigenvalue weighted by Gasteiger charge is 2.20. The highest BCUT2D eigenvalue weighted by molar-refractivity contribution is 5.47. The maximum atomic E-state index is 6.32. The summed E-state index contributed by atoms with van der Waals surface area (Å²) in [7, 11) is 0. The third-order valence-electron chi connectivity index (χ3n) is 6.67. The van der Waals surface area contributed by atoms with Gasteiger partial charge in [-0.25, -0.2) is 0 Å². The van der Waals surface area contributed by atoms with Crippen molar-refractivity contribution in [3.8, 4) is 23.0 Å². The van der Waals surface area contributed by atoms with Crippen LogP contribution in [0.25, 0.3) is 0 Å². The molecule has 1 fully saturated rings. The van der Waals surface area contributed by atoms with Crippen LogP contribution in [0.5, 0.6) is 23.0 Å². The molecule has 4 nitrogen and oxygen atoms in total. The first kappa shape index (κ1) is 22.9. The third-order valence-corrected chi connectivity index (χ3v) is 6.67. The van der Waals surface area contributed by atoms with Crippen molar-refractivity contribution in [2.45, 2.75) is 44.4 Å². The summed E-state index contributed by atoms with van der Waals surface area (Å²) < 4.78 is 12.3. The van der Waals surface area contributed by atoms with E-state index in [1.54, 1.807) is 0 Å². The molecule has 0 aromatic heterocycles. The fourth-order valence-electron chi connectivity index (χ4n) is 4.78. The Morgan fingerprint density at radius 1 is 0.571 bits per heavy atom. The smallest absolute Gasteiger partial charge is 0.130 e. The zero-order chi connectivity index (χ0) is 24.0. The van der Waals surface area contributed by atoms with Gasteiger partial charge >= 0.3 is 0 Å². The molecule has 178 valence electrons. The van der Waals surface area contributed by atoms with Crippen molar-refractivity contribution in [3.05, 3.63) is 108 Å². The summed E-state index contributed by atoms with van der Waals surface area (Å²) in [5, 5.41) is 0. The Bertz CT molecular complexity index is 1240. The van der Waals surface area contributed by atoms with Crippen LogP contribution in [0.4, 0.5) is 11.4 Å². The number of nitrogen functional groups attached to an aromatic ring is 2. The van der Waals surface area contributed by atoms with Crippen molar-refractivity contribution in [2.75, 3.05) is 11.5 Å². The Morgan fingerprint density at radius 3 is 1.69 bits per heavy atom. The summed E-state index contributed by atoms with van der Waals surface area (Å²) in [6.45, 7) is 0. The lowest BCUT2D eigenvalue weighted by Crippen LogP contribution is -2.07. The van der Waals surface area contributed by atoms with Crippen LogP contribution in [0.15, 0.2) is 91.0 Å². The van der Waals surface area contributed by atoms with Gasteiger partial charge in [0.05, 0.1) is 0 Å². The predicted molar refractivity (Wildman–Crippen MR) is 143 cm³/mol. The quantitative estimate of drug-likeness (QED) is 0.271. The van der Waals surface area contributed by atoms with Gasteiger partial charge in [-0.1, -0.05) is 43.5 Å². The first-order chi connectivity index (χ1) is 17.1. The molecule has 35 heavy (non-hydrogen) atoms. The van der Waals surface area contributed by atoms with Crippen LogP contribution in [0, 0.1) is 0 Å². The standard InChI is InChI=1S/C31H32N2O2/c32-25-9-15-28(16-10-25)34-27-13-6-22(7-14-27)20-23-8-19-31(35-29-17-11-26(33)12-18-29)30(21-23)24-4-2-1-3-5-24/h6-19,21,24H,1-5,20,32-33H2. The molecule has 0 unspecified atom stereocenters. The molecule has 0 amide bonds. The molecule has 0 heterocycles. The summed E-state index contributed by atoms with van der Waals surface area (Å²) in [6.07, 6.45) is 7.20. The number of hydrogen-bond acceptors (Lipinski definition) is 4. The second-order valence-corrected chi connectivity index (χ2v) is 9.37. The fourth-order valence-corrected chi connectivity index (χ4v) is 4.78. The lowest BCUT2D eigenvalue weighted by molar-refractivity contribution is 0.418. The van der Waals surface area contributed by atoms with E-state index in [1.165, 1.54) is 48.8 Å². The molecule has 1 aliphatic rings. The maximum absolute atomic E-state index is 6.32. The molecule has 4 aromatic carbocycles. The number of rotatable bonds is 7. The van der Waals surface area contributed by atoms with Gasteiger partial charge in [-0.05, 0) is 109 Å². The van der Waals surface area contributed by atoms with E-state index in [9.17, 15) is 0 Å². The molecule has 1 saturated carbocycles. The first-order valence-corrected chi connectivity index (χ1v) is 12.4. The van der Waals surface area contributed by atoms with Crippen LogP contribution in [0.3, 0.4) is 0 Å². The summed E-state index contributed by atoms with van der Waals surface area (Å²) in [5.74, 6) is 3.91. The molecule has 5 rings (SSSR count). The monoisotopic (exact) mass is 464 g/mol. The second-order valence-electron chi connectivity index (χ2n) is 9.37. The average Bonchev–Trinajstić information content (AvgIpc) is 2.89. The van der Waals surface area contributed by atoms with Crippen molar-refractivity contribution >= 4 is 11.4 Å². The Morgan fingerprint density at radius 2 is 1.09 bits per heavy atom. The molecule has 0 radical (unpaired) electrons. The van der Waals surface area contributed by atoms with Crippen LogP contribution in [0.2, 0.25) is 0 Å². The van der Waals surface area contributed by atoms with Crippen molar-refractivity contribution < 1.29 is 9.47 Å². The largest absolute Gasteiger partial charge is 0.457 e. The molecule has 0 spiro atoms. The van der Waals surface area contributed by atoms with Gasteiger partial charge in [-0.2, -0.15) is 0 Å². The molecule has 1 aliphatic carbocycles. The Hall–Kier alpha value is -3.92. The number of ether oxygens (including phenoxy) is 2. The van der Waals surface area contributed by atoms with Gasteiger partial charge in [-0.15, -0.1) is 0 Å². The first-order valence-electron chi connectivity index (χ1n) is 12.4. The summed E-state index contributed by atoms with van der Waals surface area (Å²) in [4.78, 5) is 0. The van der Waals surface area contributed by atoms with Gasteiger partial charge in [0.2, 0.25) is 0 Å². The Balaban J connectivity index is 1.33. The minimum Gasteiger partial charge on any atom is -0.457 e. The van der Waals surface area contributed by atoms with Crippen LogP contribution < -0.4 is 20.9 Å². The minimum atomic E-state index is 0.545. The van der Waals surface area contributed by atoms with Crippen molar-refractivity contribution in [1.29, 1.82) is 0 Å². The van der Waals surface area contributed by atoms with E-state index in [0.717, 1.165) is 40.8 Å². The van der Waals surface area contributed by atoms with Crippen molar-refractivity contribution in [1.82, 2.24) is 0 Å². The zero-order valence-electron chi connectivity index (χ0n) is 20.0. The molecule has 4 aromatic rings. The predicted octanol–water partition coefficient (Wildman–Crippen LogP) is 8.07. The van der Waals surface area contributed by atoms with Crippen LogP contribution in [-0.2, 0) is 6.42 Å². The highest BCUT2D eigenvalue weighted by atomic mass is 16.5. The topological polar surface area (TPSA) is 70.5 Å². The van der Waals surface area contributed by atoms with E-state index in [4.69, 9.17) is 20.9 Å². The van der Waals surface area contributed by atoms with Gasteiger partial charge in [0.15, 0.2) is 0 Å². The zero-order valence-corrected chi connectivity index (χ0v) is 20.0. The SMILES string of the molecule is Nc1ccc(Oc2ccc(Cc3ccc(Oc4ccc(N)cc4)c(C4CCCCC4)c3)cc2)cc1. The summed E-state index contributed by atoms with van der Waals surface area (Å²) in [6, 6.07) is 30.0. The molecule has 0 saturated heterocycles. The molecule has 4 heteroatoms. The Labute approximate surface area is 207 Å². The van der Waals surface area contributed by atoms with Gasteiger partial charge < -0.3 is 20.9 Å². The molecular weight excluding hydrogens is 432 g/mol. The van der Waals surface area contributed by atoms with Gasteiger partial charge in [0, 0.05) is 11.4 Å². The molecular formula is C31H32N2O2. The third kappa shape index (κ3) is 5.96. The average molecular weight is 465 g/mol. The molecule has 4 N–H and O–H groups in total. The lowest BCUT2D eigenvalue weighted by Gasteiger charge is -2.25. The normalized spacial score (nSPS) is 13.9. The number of nitrogens with two attached hydrogens (primary N) is 2.